The molecule has 1 N–H and O–H groups in total. The van der Waals surface area contributed by atoms with Gasteiger partial charge in [-0.1, -0.05) is 25.1 Å². The Labute approximate surface area is 186 Å². The smallest absolute Gasteiger partial charge is 0.326 e. The molecular formula is C23H22F6N2O2. The van der Waals surface area contributed by atoms with Gasteiger partial charge in [-0.15, -0.1) is 0 Å². The van der Waals surface area contributed by atoms with Crippen molar-refractivity contribution in [2.24, 2.45) is 11.3 Å². The number of nitrogens with zero attached hydrogens (tertiary/aromatic N) is 1. The molecule has 10 heteroatoms. The van der Waals surface area contributed by atoms with Gasteiger partial charge in [-0.3, -0.25) is 9.59 Å². The number of aryl methyl sites for hydroxylation is 2. The molecule has 3 rings (SSSR count). The molecule has 178 valence electrons. The van der Waals surface area contributed by atoms with Crippen LogP contribution in [-0.2, 0) is 21.9 Å². The molecule has 1 aliphatic heterocycles. The number of amides is 2. The lowest BCUT2D eigenvalue weighted by Gasteiger charge is -2.27. The highest BCUT2D eigenvalue weighted by molar-refractivity contribution is 6.07. The molecule has 0 bridgehead atoms. The highest BCUT2D eigenvalue weighted by Gasteiger charge is 2.52. The summed E-state index contributed by atoms with van der Waals surface area (Å²) in [7, 11) is 0. The molecule has 0 radical (unpaired) electrons. The molecule has 33 heavy (non-hydrogen) atoms. The summed E-state index contributed by atoms with van der Waals surface area (Å²) < 4.78 is 78.9. The minimum absolute atomic E-state index is 0.0121. The van der Waals surface area contributed by atoms with Gasteiger partial charge in [-0.05, 0) is 50.1 Å². The van der Waals surface area contributed by atoms with E-state index in [0.29, 0.717) is 17.8 Å². The minimum Gasteiger partial charge on any atom is -0.326 e. The highest BCUT2D eigenvalue weighted by Crippen LogP contribution is 2.43. The predicted octanol–water partition coefficient (Wildman–Crippen LogP) is 5.97. The number of carbonyl (C=O) groups is 2. The first-order chi connectivity index (χ1) is 15.1. The Balaban J connectivity index is 1.97. The minimum atomic E-state index is -5.04. The number of nitrogens with one attached hydrogen (secondary N) is 1. The van der Waals surface area contributed by atoms with Crippen LogP contribution in [0, 0.1) is 25.2 Å². The van der Waals surface area contributed by atoms with Crippen LogP contribution in [0.25, 0.3) is 0 Å². The third-order valence-corrected chi connectivity index (χ3v) is 6.15. The Hall–Kier alpha value is -3.04. The molecule has 1 aliphatic rings. The van der Waals surface area contributed by atoms with Crippen LogP contribution in [0.5, 0.6) is 0 Å². The van der Waals surface area contributed by atoms with Gasteiger partial charge < -0.3 is 10.2 Å². The monoisotopic (exact) mass is 472 g/mol. The Kier molecular flexibility index (Phi) is 6.02. The van der Waals surface area contributed by atoms with Crippen LogP contribution in [0.1, 0.15) is 36.1 Å². The van der Waals surface area contributed by atoms with E-state index < -0.39 is 46.4 Å². The van der Waals surface area contributed by atoms with E-state index in [1.54, 1.807) is 26.0 Å². The maximum Gasteiger partial charge on any atom is 0.416 e. The second-order valence-corrected chi connectivity index (χ2v) is 8.55. The first kappa shape index (κ1) is 24.6. The fourth-order valence-electron chi connectivity index (χ4n) is 4.04. The van der Waals surface area contributed by atoms with Crippen LogP contribution in [0.15, 0.2) is 36.4 Å². The molecule has 4 nitrogen and oxygen atoms in total. The number of rotatable bonds is 3. The van der Waals surface area contributed by atoms with Crippen LogP contribution < -0.4 is 10.2 Å². The SMILES string of the molecule is Cc1cccc(C)c1N1C[C@](C)(C(=O)Nc2cc(C(F)(F)F)cc(C(F)(F)F)c2)[C@H](C)C1=O. The third kappa shape index (κ3) is 4.56. The zero-order chi connectivity index (χ0) is 24.9. The lowest BCUT2D eigenvalue weighted by Crippen LogP contribution is -2.40. The van der Waals surface area contributed by atoms with Gasteiger partial charge in [0.15, 0.2) is 0 Å². The van der Waals surface area contributed by atoms with E-state index in [2.05, 4.69) is 5.32 Å². The summed E-state index contributed by atoms with van der Waals surface area (Å²) in [5.41, 5.74) is -2.88. The Bertz CT molecular complexity index is 1060. The molecule has 1 saturated heterocycles. The second kappa shape index (κ2) is 8.07. The largest absolute Gasteiger partial charge is 0.416 e. The summed E-state index contributed by atoms with van der Waals surface area (Å²) in [5, 5.41) is 2.18. The Morgan fingerprint density at radius 1 is 1.00 bits per heavy atom. The molecule has 0 aliphatic carbocycles. The van der Waals surface area contributed by atoms with Crippen molar-refractivity contribution in [2.45, 2.75) is 40.0 Å². The molecule has 1 heterocycles. The maximum absolute atomic E-state index is 13.1. The number of carbonyl (C=O) groups excluding carboxylic acids is 2. The van der Waals surface area contributed by atoms with E-state index in [1.807, 2.05) is 6.07 Å². The summed E-state index contributed by atoms with van der Waals surface area (Å²) in [4.78, 5) is 27.6. The molecule has 2 amide bonds. The zero-order valence-corrected chi connectivity index (χ0v) is 18.3. The quantitative estimate of drug-likeness (QED) is 0.560. The van der Waals surface area contributed by atoms with Crippen LogP contribution in [0.3, 0.4) is 0 Å². The topological polar surface area (TPSA) is 49.4 Å². The molecule has 2 aromatic carbocycles. The van der Waals surface area contributed by atoms with Gasteiger partial charge in [0.25, 0.3) is 0 Å². The molecule has 0 spiro atoms. The lowest BCUT2D eigenvalue weighted by molar-refractivity contribution is -0.143. The van der Waals surface area contributed by atoms with Gasteiger partial charge in [-0.25, -0.2) is 0 Å². The highest BCUT2D eigenvalue weighted by atomic mass is 19.4. The van der Waals surface area contributed by atoms with E-state index in [0.717, 1.165) is 11.1 Å². The van der Waals surface area contributed by atoms with Gasteiger partial charge in [-0.2, -0.15) is 26.3 Å². The standard InChI is InChI=1S/C23H22F6N2O2/c1-12-6-5-7-13(2)18(12)31-11-21(4,14(3)19(31)32)20(33)30-17-9-15(22(24,25)26)8-16(10-17)23(27,28)29/h5-10,14H,11H2,1-4H3,(H,30,33)/t14-,21+/m1/s1. The van der Waals surface area contributed by atoms with E-state index >= 15 is 0 Å². The van der Waals surface area contributed by atoms with Crippen molar-refractivity contribution in [2.75, 3.05) is 16.8 Å². The van der Waals surface area contributed by atoms with Crippen molar-refractivity contribution in [1.29, 1.82) is 0 Å². The van der Waals surface area contributed by atoms with Crippen LogP contribution in [0.2, 0.25) is 0 Å². The predicted molar refractivity (Wildman–Crippen MR) is 111 cm³/mol. The number of hydrogen-bond donors (Lipinski definition) is 1. The van der Waals surface area contributed by atoms with Crippen molar-refractivity contribution < 1.29 is 35.9 Å². The molecule has 0 unspecified atom stereocenters. The first-order valence-electron chi connectivity index (χ1n) is 10.0. The molecule has 2 atom stereocenters. The summed E-state index contributed by atoms with van der Waals surface area (Å²) in [6.45, 7) is 6.52. The van der Waals surface area contributed by atoms with E-state index in [1.165, 1.54) is 18.7 Å². The van der Waals surface area contributed by atoms with Gasteiger partial charge in [0.1, 0.15) is 0 Å². The van der Waals surface area contributed by atoms with Gasteiger partial charge in [0, 0.05) is 17.9 Å². The first-order valence-corrected chi connectivity index (χ1v) is 10.0. The number of anilines is 2. The normalized spacial score (nSPS) is 21.5. The fourth-order valence-corrected chi connectivity index (χ4v) is 4.04. The number of para-hydroxylation sites is 1. The summed E-state index contributed by atoms with van der Waals surface area (Å²) in [5.74, 6) is -2.06. The molecular weight excluding hydrogens is 450 g/mol. The fraction of sp³-hybridized carbons (Fsp3) is 0.391. The summed E-state index contributed by atoms with van der Waals surface area (Å²) in [6.07, 6.45) is -10.1. The number of halogens is 6. The van der Waals surface area contributed by atoms with Crippen molar-refractivity contribution in [3.05, 3.63) is 58.7 Å². The van der Waals surface area contributed by atoms with Crippen molar-refractivity contribution in [3.63, 3.8) is 0 Å². The number of hydrogen-bond acceptors (Lipinski definition) is 2. The molecule has 0 saturated carbocycles. The molecule has 1 fully saturated rings. The summed E-state index contributed by atoms with van der Waals surface area (Å²) >= 11 is 0. The van der Waals surface area contributed by atoms with Crippen molar-refractivity contribution in [3.8, 4) is 0 Å². The number of benzene rings is 2. The van der Waals surface area contributed by atoms with E-state index in [4.69, 9.17) is 0 Å². The Morgan fingerprint density at radius 2 is 1.48 bits per heavy atom. The van der Waals surface area contributed by atoms with Crippen LogP contribution in [0.4, 0.5) is 37.7 Å². The molecule has 0 aromatic heterocycles. The van der Waals surface area contributed by atoms with Gasteiger partial charge >= 0.3 is 12.4 Å². The van der Waals surface area contributed by atoms with Crippen LogP contribution in [-0.4, -0.2) is 18.4 Å². The number of alkyl halides is 6. The van der Waals surface area contributed by atoms with Crippen molar-refractivity contribution in [1.82, 2.24) is 0 Å². The van der Waals surface area contributed by atoms with E-state index in [-0.39, 0.29) is 18.5 Å². The Morgan fingerprint density at radius 3 is 1.94 bits per heavy atom. The zero-order valence-electron chi connectivity index (χ0n) is 18.3. The summed E-state index contributed by atoms with van der Waals surface area (Å²) in [6, 6.07) is 6.30. The lowest BCUT2D eigenvalue weighted by atomic mass is 9.80. The second-order valence-electron chi connectivity index (χ2n) is 8.55. The maximum atomic E-state index is 13.1. The van der Waals surface area contributed by atoms with Crippen LogP contribution >= 0.6 is 0 Å². The van der Waals surface area contributed by atoms with Gasteiger partial charge in [0.05, 0.1) is 22.5 Å². The average Bonchev–Trinajstić information content (AvgIpc) is 2.91. The molecule has 2 aromatic rings. The van der Waals surface area contributed by atoms with Gasteiger partial charge in [0.2, 0.25) is 11.8 Å². The third-order valence-electron chi connectivity index (χ3n) is 6.15. The van der Waals surface area contributed by atoms with Crippen molar-refractivity contribution >= 4 is 23.2 Å². The van der Waals surface area contributed by atoms with E-state index in [9.17, 15) is 35.9 Å². The average molecular weight is 472 g/mol.